The fourth-order valence-corrected chi connectivity index (χ4v) is 5.44. The summed E-state index contributed by atoms with van der Waals surface area (Å²) in [5.74, 6) is 0.711. The smallest absolute Gasteiger partial charge is 0.243 e. The van der Waals surface area contributed by atoms with Gasteiger partial charge in [0.2, 0.25) is 15.9 Å². The van der Waals surface area contributed by atoms with E-state index in [1.165, 1.54) is 4.31 Å². The van der Waals surface area contributed by atoms with Gasteiger partial charge in [0.25, 0.3) is 0 Å². The van der Waals surface area contributed by atoms with E-state index in [1.807, 2.05) is 25.1 Å². The van der Waals surface area contributed by atoms with E-state index in [9.17, 15) is 13.2 Å². The molecule has 8 heteroatoms. The lowest BCUT2D eigenvalue weighted by molar-refractivity contribution is -0.126. The van der Waals surface area contributed by atoms with Gasteiger partial charge >= 0.3 is 0 Å². The minimum Gasteiger partial charge on any atom is -0.493 e. The highest BCUT2D eigenvalue weighted by Gasteiger charge is 2.33. The number of carbonyl (C=O) groups is 1. The summed E-state index contributed by atoms with van der Waals surface area (Å²) < 4.78 is 38.0. The van der Waals surface area contributed by atoms with Gasteiger partial charge in [-0.25, -0.2) is 8.42 Å². The van der Waals surface area contributed by atoms with Crippen molar-refractivity contribution >= 4 is 15.9 Å². The molecule has 1 heterocycles. The maximum atomic E-state index is 13.0. The second kappa shape index (κ2) is 10.2. The molecule has 2 aromatic carbocycles. The predicted octanol–water partition coefficient (Wildman–Crippen LogP) is 3.37. The number of methoxy groups -OCH3 is 2. The van der Waals surface area contributed by atoms with E-state index in [0.717, 1.165) is 5.56 Å². The minimum atomic E-state index is -3.61. The number of benzene rings is 2. The van der Waals surface area contributed by atoms with Crippen LogP contribution in [0.15, 0.2) is 53.4 Å². The molecule has 2 atom stereocenters. The van der Waals surface area contributed by atoms with E-state index in [-0.39, 0.29) is 29.3 Å². The zero-order valence-electron chi connectivity index (χ0n) is 18.2. The van der Waals surface area contributed by atoms with Crippen molar-refractivity contribution in [1.82, 2.24) is 9.62 Å². The lowest BCUT2D eigenvalue weighted by atomic mass is 9.97. The number of hydrogen-bond donors (Lipinski definition) is 1. The van der Waals surface area contributed by atoms with Crippen LogP contribution in [0.5, 0.6) is 11.5 Å². The Morgan fingerprint density at radius 3 is 2.48 bits per heavy atom. The molecule has 0 radical (unpaired) electrons. The van der Waals surface area contributed by atoms with E-state index in [1.54, 1.807) is 44.6 Å². The highest BCUT2D eigenvalue weighted by molar-refractivity contribution is 7.89. The Bertz CT molecular complexity index is 994. The van der Waals surface area contributed by atoms with Gasteiger partial charge in [0, 0.05) is 13.1 Å². The average molecular weight is 447 g/mol. The largest absolute Gasteiger partial charge is 0.493 e. The SMILES string of the molecule is CC[C@@H](NC(=O)[C@H]1CCCN(S(=O)(=O)c2ccccc2)C1)c1ccc(OC)c(OC)c1. The summed E-state index contributed by atoms with van der Waals surface area (Å²) in [6.45, 7) is 2.61. The Morgan fingerprint density at radius 2 is 1.84 bits per heavy atom. The first-order valence-corrected chi connectivity index (χ1v) is 11.9. The lowest BCUT2D eigenvalue weighted by Crippen LogP contribution is -2.46. The van der Waals surface area contributed by atoms with Gasteiger partial charge in [-0.05, 0) is 49.1 Å². The first kappa shape index (κ1) is 23.1. The summed E-state index contributed by atoms with van der Waals surface area (Å²) in [7, 11) is -0.456. The molecule has 0 saturated carbocycles. The highest BCUT2D eigenvalue weighted by atomic mass is 32.2. The van der Waals surface area contributed by atoms with Crippen LogP contribution in [-0.2, 0) is 14.8 Å². The van der Waals surface area contributed by atoms with Gasteiger partial charge < -0.3 is 14.8 Å². The quantitative estimate of drug-likeness (QED) is 0.672. The number of nitrogens with zero attached hydrogens (tertiary/aromatic N) is 1. The second-order valence-electron chi connectivity index (χ2n) is 7.60. The van der Waals surface area contributed by atoms with Gasteiger partial charge in [-0.2, -0.15) is 4.31 Å². The van der Waals surface area contributed by atoms with Crippen molar-refractivity contribution in [2.24, 2.45) is 5.92 Å². The van der Waals surface area contributed by atoms with E-state index < -0.39 is 10.0 Å². The highest BCUT2D eigenvalue weighted by Crippen LogP contribution is 2.31. The van der Waals surface area contributed by atoms with Crippen LogP contribution < -0.4 is 14.8 Å². The van der Waals surface area contributed by atoms with Crippen LogP contribution in [0.1, 0.15) is 37.8 Å². The summed E-state index contributed by atoms with van der Waals surface area (Å²) in [5.41, 5.74) is 0.915. The third kappa shape index (κ3) is 5.19. The third-order valence-corrected chi connectivity index (χ3v) is 7.55. The molecule has 0 spiro atoms. The molecule has 1 fully saturated rings. The normalized spacial score (nSPS) is 18.2. The standard InChI is InChI=1S/C23H30N2O5S/c1-4-20(17-12-13-21(29-2)22(15-17)30-3)24-23(26)18-9-8-14-25(16-18)31(27,28)19-10-6-5-7-11-19/h5-7,10-13,15,18,20H,4,8-9,14,16H2,1-3H3,(H,24,26)/t18-,20+/m0/s1. The van der Waals surface area contributed by atoms with Crippen molar-refractivity contribution in [3.63, 3.8) is 0 Å². The summed E-state index contributed by atoms with van der Waals surface area (Å²) in [6, 6.07) is 13.7. The van der Waals surface area contributed by atoms with Crippen molar-refractivity contribution in [3.05, 3.63) is 54.1 Å². The van der Waals surface area contributed by atoms with E-state index >= 15 is 0 Å². The van der Waals surface area contributed by atoms with Crippen molar-refractivity contribution in [1.29, 1.82) is 0 Å². The van der Waals surface area contributed by atoms with Gasteiger partial charge in [0.1, 0.15) is 0 Å². The van der Waals surface area contributed by atoms with Gasteiger partial charge in [0.05, 0.1) is 31.1 Å². The molecular weight excluding hydrogens is 416 g/mol. The maximum absolute atomic E-state index is 13.0. The number of rotatable bonds is 8. The van der Waals surface area contributed by atoms with Crippen molar-refractivity contribution in [3.8, 4) is 11.5 Å². The summed E-state index contributed by atoms with van der Waals surface area (Å²) in [4.78, 5) is 13.3. The van der Waals surface area contributed by atoms with E-state index in [4.69, 9.17) is 9.47 Å². The fourth-order valence-electron chi connectivity index (χ4n) is 3.90. The number of carbonyl (C=O) groups excluding carboxylic acids is 1. The molecule has 1 aliphatic heterocycles. The maximum Gasteiger partial charge on any atom is 0.243 e. The van der Waals surface area contributed by atoms with Crippen LogP contribution >= 0.6 is 0 Å². The topological polar surface area (TPSA) is 84.9 Å². The molecule has 1 saturated heterocycles. The Balaban J connectivity index is 1.72. The average Bonchev–Trinajstić information content (AvgIpc) is 2.82. The van der Waals surface area contributed by atoms with Crippen LogP contribution in [-0.4, -0.2) is 45.9 Å². The first-order chi connectivity index (χ1) is 14.9. The Kier molecular flexibility index (Phi) is 7.56. The number of piperidine rings is 1. The molecule has 1 N–H and O–H groups in total. The molecule has 0 aliphatic carbocycles. The Morgan fingerprint density at radius 1 is 1.13 bits per heavy atom. The molecule has 2 aromatic rings. The van der Waals surface area contributed by atoms with Gasteiger partial charge in [0.15, 0.2) is 11.5 Å². The minimum absolute atomic E-state index is 0.130. The van der Waals surface area contributed by atoms with Crippen molar-refractivity contribution in [2.45, 2.75) is 37.1 Å². The van der Waals surface area contributed by atoms with Gasteiger partial charge in [-0.3, -0.25) is 4.79 Å². The third-order valence-electron chi connectivity index (χ3n) is 5.67. The zero-order chi connectivity index (χ0) is 22.4. The predicted molar refractivity (Wildman–Crippen MR) is 119 cm³/mol. The summed E-state index contributed by atoms with van der Waals surface area (Å²) >= 11 is 0. The number of ether oxygens (including phenoxy) is 2. The number of hydrogen-bond acceptors (Lipinski definition) is 5. The van der Waals surface area contributed by atoms with Crippen molar-refractivity contribution < 1.29 is 22.7 Å². The number of nitrogens with one attached hydrogen (secondary N) is 1. The molecule has 3 rings (SSSR count). The molecule has 168 valence electrons. The second-order valence-corrected chi connectivity index (χ2v) is 9.54. The first-order valence-electron chi connectivity index (χ1n) is 10.5. The Labute approximate surface area is 184 Å². The van der Waals surface area contributed by atoms with Crippen molar-refractivity contribution in [2.75, 3.05) is 27.3 Å². The molecule has 0 unspecified atom stereocenters. The van der Waals surface area contributed by atoms with Crippen LogP contribution in [0.3, 0.4) is 0 Å². The van der Waals surface area contributed by atoms with Crippen LogP contribution in [0.25, 0.3) is 0 Å². The van der Waals surface area contributed by atoms with Gasteiger partial charge in [-0.15, -0.1) is 0 Å². The molecule has 7 nitrogen and oxygen atoms in total. The molecule has 1 amide bonds. The van der Waals surface area contributed by atoms with Crippen LogP contribution in [0, 0.1) is 5.92 Å². The number of sulfonamides is 1. The lowest BCUT2D eigenvalue weighted by Gasteiger charge is -2.32. The Hall–Kier alpha value is -2.58. The monoisotopic (exact) mass is 446 g/mol. The molecule has 31 heavy (non-hydrogen) atoms. The van der Waals surface area contributed by atoms with E-state index in [2.05, 4.69) is 5.32 Å². The van der Waals surface area contributed by atoms with Crippen LogP contribution in [0.2, 0.25) is 0 Å². The van der Waals surface area contributed by atoms with Gasteiger partial charge in [-0.1, -0.05) is 31.2 Å². The summed E-state index contributed by atoms with van der Waals surface area (Å²) in [6.07, 6.45) is 2.01. The molecule has 1 aliphatic rings. The molecular formula is C23H30N2O5S. The van der Waals surface area contributed by atoms with E-state index in [0.29, 0.717) is 37.3 Å². The summed E-state index contributed by atoms with van der Waals surface area (Å²) in [5, 5.41) is 3.10. The fraction of sp³-hybridized carbons (Fsp3) is 0.435. The number of amides is 1. The molecule has 0 aromatic heterocycles. The zero-order valence-corrected chi connectivity index (χ0v) is 19.0. The van der Waals surface area contributed by atoms with Crippen LogP contribution in [0.4, 0.5) is 0 Å². The molecule has 0 bridgehead atoms.